The molecule has 19 heavy (non-hydrogen) atoms. The van der Waals surface area contributed by atoms with Crippen LogP contribution in [0.15, 0.2) is 48.7 Å². The van der Waals surface area contributed by atoms with E-state index >= 15 is 0 Å². The summed E-state index contributed by atoms with van der Waals surface area (Å²) < 4.78 is 5.76. The largest absolute Gasteiger partial charge is 0.493 e. The SMILES string of the molecule is CC1COc2ccccc2C1NCc1ccccn1. The molecule has 0 saturated carbocycles. The topological polar surface area (TPSA) is 34.1 Å². The molecule has 3 nitrogen and oxygen atoms in total. The summed E-state index contributed by atoms with van der Waals surface area (Å²) in [6.45, 7) is 3.76. The number of nitrogens with one attached hydrogen (secondary N) is 1. The van der Waals surface area contributed by atoms with Gasteiger partial charge in [-0.1, -0.05) is 31.2 Å². The Bertz CT molecular complexity index is 541. The summed E-state index contributed by atoms with van der Waals surface area (Å²) in [5.74, 6) is 1.46. The van der Waals surface area contributed by atoms with E-state index in [1.54, 1.807) is 0 Å². The predicted molar refractivity (Wildman–Crippen MR) is 74.9 cm³/mol. The molecule has 0 spiro atoms. The third-order valence-corrected chi connectivity index (χ3v) is 3.55. The van der Waals surface area contributed by atoms with Crippen LogP contribution in [-0.4, -0.2) is 11.6 Å². The average Bonchev–Trinajstić information content (AvgIpc) is 2.47. The van der Waals surface area contributed by atoms with Gasteiger partial charge in [-0.3, -0.25) is 4.98 Å². The number of para-hydroxylation sites is 1. The Morgan fingerprint density at radius 1 is 1.21 bits per heavy atom. The number of rotatable bonds is 3. The maximum Gasteiger partial charge on any atom is 0.124 e. The fraction of sp³-hybridized carbons (Fsp3) is 0.312. The van der Waals surface area contributed by atoms with Crippen LogP contribution in [0.3, 0.4) is 0 Å². The van der Waals surface area contributed by atoms with Crippen LogP contribution >= 0.6 is 0 Å². The lowest BCUT2D eigenvalue weighted by atomic mass is 9.92. The molecular weight excluding hydrogens is 236 g/mol. The highest BCUT2D eigenvalue weighted by atomic mass is 16.5. The van der Waals surface area contributed by atoms with Crippen molar-refractivity contribution in [2.45, 2.75) is 19.5 Å². The molecule has 0 radical (unpaired) electrons. The second-order valence-electron chi connectivity index (χ2n) is 5.01. The zero-order valence-electron chi connectivity index (χ0n) is 11.0. The molecule has 2 unspecified atom stereocenters. The van der Waals surface area contributed by atoms with Crippen LogP contribution in [0.25, 0.3) is 0 Å². The van der Waals surface area contributed by atoms with Crippen molar-refractivity contribution in [3.63, 3.8) is 0 Å². The summed E-state index contributed by atoms with van der Waals surface area (Å²) >= 11 is 0. The lowest BCUT2D eigenvalue weighted by molar-refractivity contribution is 0.187. The highest BCUT2D eigenvalue weighted by molar-refractivity contribution is 5.37. The van der Waals surface area contributed by atoms with Crippen molar-refractivity contribution in [2.24, 2.45) is 5.92 Å². The van der Waals surface area contributed by atoms with E-state index in [0.29, 0.717) is 12.0 Å². The molecule has 2 atom stereocenters. The number of fused-ring (bicyclic) bond motifs is 1. The van der Waals surface area contributed by atoms with E-state index < -0.39 is 0 Å². The lowest BCUT2D eigenvalue weighted by Crippen LogP contribution is -2.33. The van der Waals surface area contributed by atoms with Gasteiger partial charge in [0.15, 0.2) is 0 Å². The Balaban J connectivity index is 1.77. The van der Waals surface area contributed by atoms with Crippen LogP contribution in [0.1, 0.15) is 24.2 Å². The lowest BCUT2D eigenvalue weighted by Gasteiger charge is -2.32. The normalized spacial score (nSPS) is 21.5. The number of hydrogen-bond acceptors (Lipinski definition) is 3. The maximum absolute atomic E-state index is 5.76. The molecule has 1 N–H and O–H groups in total. The Kier molecular flexibility index (Phi) is 3.47. The highest BCUT2D eigenvalue weighted by Crippen LogP contribution is 2.34. The van der Waals surface area contributed by atoms with Crippen LogP contribution in [0.2, 0.25) is 0 Å². The van der Waals surface area contributed by atoms with Gasteiger partial charge in [-0.15, -0.1) is 0 Å². The molecule has 0 bridgehead atoms. The van der Waals surface area contributed by atoms with Crippen LogP contribution < -0.4 is 10.1 Å². The first-order valence-corrected chi connectivity index (χ1v) is 6.69. The van der Waals surface area contributed by atoms with Crippen molar-refractivity contribution in [3.8, 4) is 5.75 Å². The van der Waals surface area contributed by atoms with Gasteiger partial charge in [-0.05, 0) is 18.2 Å². The molecule has 0 aliphatic carbocycles. The molecule has 0 fully saturated rings. The van der Waals surface area contributed by atoms with Crippen molar-refractivity contribution in [3.05, 3.63) is 59.9 Å². The smallest absolute Gasteiger partial charge is 0.124 e. The molecule has 0 amide bonds. The first-order chi connectivity index (χ1) is 9.34. The van der Waals surface area contributed by atoms with Crippen molar-refractivity contribution in [1.29, 1.82) is 0 Å². The van der Waals surface area contributed by atoms with E-state index in [4.69, 9.17) is 4.74 Å². The van der Waals surface area contributed by atoms with Gasteiger partial charge in [0.1, 0.15) is 5.75 Å². The van der Waals surface area contributed by atoms with Gasteiger partial charge < -0.3 is 10.1 Å². The minimum atomic E-state index is 0.326. The summed E-state index contributed by atoms with van der Waals surface area (Å²) in [6, 6.07) is 14.6. The zero-order valence-corrected chi connectivity index (χ0v) is 11.0. The molecule has 1 aromatic heterocycles. The van der Waals surface area contributed by atoms with E-state index in [0.717, 1.165) is 24.6 Å². The van der Waals surface area contributed by atoms with E-state index in [-0.39, 0.29) is 0 Å². The van der Waals surface area contributed by atoms with Crippen LogP contribution in [-0.2, 0) is 6.54 Å². The monoisotopic (exact) mass is 254 g/mol. The number of nitrogens with zero attached hydrogens (tertiary/aromatic N) is 1. The summed E-state index contributed by atoms with van der Waals surface area (Å²) in [4.78, 5) is 4.35. The number of benzene rings is 1. The summed E-state index contributed by atoms with van der Waals surface area (Å²) in [7, 11) is 0. The van der Waals surface area contributed by atoms with E-state index in [1.165, 1.54) is 5.56 Å². The zero-order chi connectivity index (χ0) is 13.1. The maximum atomic E-state index is 5.76. The van der Waals surface area contributed by atoms with Gasteiger partial charge in [-0.25, -0.2) is 0 Å². The number of aromatic nitrogens is 1. The van der Waals surface area contributed by atoms with Gasteiger partial charge in [0, 0.05) is 30.3 Å². The van der Waals surface area contributed by atoms with Crippen molar-refractivity contribution in [2.75, 3.05) is 6.61 Å². The Morgan fingerprint density at radius 3 is 2.89 bits per heavy atom. The summed E-state index contributed by atoms with van der Waals surface area (Å²) in [6.07, 6.45) is 1.83. The standard InChI is InChI=1S/C16H18N2O/c1-12-11-19-15-8-3-2-7-14(15)16(12)18-10-13-6-4-5-9-17-13/h2-9,12,16,18H,10-11H2,1H3. The minimum absolute atomic E-state index is 0.326. The first kappa shape index (κ1) is 12.2. The van der Waals surface area contributed by atoms with Crippen molar-refractivity contribution < 1.29 is 4.74 Å². The van der Waals surface area contributed by atoms with Crippen molar-refractivity contribution >= 4 is 0 Å². The number of hydrogen-bond donors (Lipinski definition) is 1. The Morgan fingerprint density at radius 2 is 2.05 bits per heavy atom. The van der Waals surface area contributed by atoms with Gasteiger partial charge in [0.25, 0.3) is 0 Å². The fourth-order valence-electron chi connectivity index (χ4n) is 2.52. The van der Waals surface area contributed by atoms with E-state index in [1.807, 2.05) is 36.5 Å². The third-order valence-electron chi connectivity index (χ3n) is 3.55. The van der Waals surface area contributed by atoms with Gasteiger partial charge in [-0.2, -0.15) is 0 Å². The van der Waals surface area contributed by atoms with Crippen LogP contribution in [0.4, 0.5) is 0 Å². The molecule has 2 aromatic rings. The van der Waals surface area contributed by atoms with E-state index in [9.17, 15) is 0 Å². The predicted octanol–water partition coefficient (Wildman–Crippen LogP) is 2.94. The quantitative estimate of drug-likeness (QED) is 0.914. The molecule has 0 saturated heterocycles. The summed E-state index contributed by atoms with van der Waals surface area (Å²) in [5, 5.41) is 3.60. The molecular formula is C16H18N2O. The summed E-state index contributed by atoms with van der Waals surface area (Å²) in [5.41, 5.74) is 2.32. The third kappa shape index (κ3) is 2.61. The molecule has 2 heterocycles. The minimum Gasteiger partial charge on any atom is -0.493 e. The van der Waals surface area contributed by atoms with Gasteiger partial charge in [0.05, 0.1) is 12.3 Å². The molecule has 1 aliphatic rings. The molecule has 1 aromatic carbocycles. The molecule has 1 aliphatic heterocycles. The second-order valence-corrected chi connectivity index (χ2v) is 5.01. The van der Waals surface area contributed by atoms with Crippen LogP contribution in [0.5, 0.6) is 5.75 Å². The van der Waals surface area contributed by atoms with Crippen LogP contribution in [0, 0.1) is 5.92 Å². The van der Waals surface area contributed by atoms with E-state index in [2.05, 4.69) is 29.4 Å². The molecule has 98 valence electrons. The molecule has 3 rings (SSSR count). The van der Waals surface area contributed by atoms with Gasteiger partial charge in [0.2, 0.25) is 0 Å². The van der Waals surface area contributed by atoms with Crippen molar-refractivity contribution in [1.82, 2.24) is 10.3 Å². The Labute approximate surface area is 113 Å². The number of ether oxygens (including phenoxy) is 1. The average molecular weight is 254 g/mol. The second kappa shape index (κ2) is 5.41. The molecule has 3 heteroatoms. The Hall–Kier alpha value is -1.87. The number of pyridine rings is 1. The fourth-order valence-corrected chi connectivity index (χ4v) is 2.52. The first-order valence-electron chi connectivity index (χ1n) is 6.69. The highest BCUT2D eigenvalue weighted by Gasteiger charge is 2.27. The van der Waals surface area contributed by atoms with Gasteiger partial charge >= 0.3 is 0 Å².